The molecule has 0 spiro atoms. The fourth-order valence-corrected chi connectivity index (χ4v) is 1.74. The maximum atomic E-state index is 12.1. The van der Waals surface area contributed by atoms with Crippen LogP contribution in [0.5, 0.6) is 5.75 Å². The lowest BCUT2D eigenvalue weighted by Gasteiger charge is -2.13. The van der Waals surface area contributed by atoms with Gasteiger partial charge in [-0.2, -0.15) is 13.2 Å². The zero-order chi connectivity index (χ0) is 12.3. The lowest BCUT2D eigenvalue weighted by atomic mass is 10.1. The van der Waals surface area contributed by atoms with E-state index in [0.29, 0.717) is 0 Å². The molecule has 0 fully saturated rings. The molecule has 1 atom stereocenters. The number of alkyl halides is 3. The maximum absolute atomic E-state index is 12.1. The minimum Gasteiger partial charge on any atom is -0.508 e. The summed E-state index contributed by atoms with van der Waals surface area (Å²) in [5.74, 6) is -0.149. The van der Waals surface area contributed by atoms with E-state index in [1.165, 1.54) is 18.2 Å². The Labute approximate surface area is 107 Å². The summed E-state index contributed by atoms with van der Waals surface area (Å²) in [5.41, 5.74) is 6.70. The van der Waals surface area contributed by atoms with Gasteiger partial charge in [-0.05, 0) is 30.0 Å². The molecular weight excluding hydrogens is 277 g/mol. The van der Waals surface area contributed by atoms with Crippen molar-refractivity contribution in [2.24, 2.45) is 11.5 Å². The van der Waals surface area contributed by atoms with Gasteiger partial charge in [0, 0.05) is 23.0 Å². The van der Waals surface area contributed by atoms with E-state index in [4.69, 9.17) is 11.5 Å². The Morgan fingerprint density at radius 3 is 2.41 bits per heavy atom. The summed E-state index contributed by atoms with van der Waals surface area (Å²) in [6, 6.07) is 2.89. The van der Waals surface area contributed by atoms with E-state index in [1.807, 2.05) is 0 Å². The molecule has 5 N–H and O–H groups in total. The lowest BCUT2D eigenvalue weighted by Crippen LogP contribution is -2.20. The standard InChI is InChI=1S/C9H11F3N2OS.ClH/c10-9(11,12)16-5-1-2-8(15)6(3-5)7(14)4-13;/h1-3,7,15H,4,13-14H2;1H/t7-;/m0./s1. The highest BCUT2D eigenvalue weighted by atomic mass is 35.5. The highest BCUT2D eigenvalue weighted by molar-refractivity contribution is 8.00. The molecule has 1 aromatic carbocycles. The third kappa shape index (κ3) is 5.03. The van der Waals surface area contributed by atoms with Crippen molar-refractivity contribution in [3.05, 3.63) is 23.8 Å². The van der Waals surface area contributed by atoms with E-state index in [1.54, 1.807) is 0 Å². The fourth-order valence-electron chi connectivity index (χ4n) is 1.15. The van der Waals surface area contributed by atoms with E-state index < -0.39 is 11.6 Å². The molecule has 0 heterocycles. The van der Waals surface area contributed by atoms with Gasteiger partial charge in [-0.15, -0.1) is 12.4 Å². The number of nitrogens with two attached hydrogens (primary N) is 2. The molecule has 3 nitrogen and oxygen atoms in total. The van der Waals surface area contributed by atoms with E-state index in [2.05, 4.69) is 0 Å². The Hall–Kier alpha value is -0.630. The molecule has 17 heavy (non-hydrogen) atoms. The normalized spacial score (nSPS) is 13.0. The van der Waals surface area contributed by atoms with E-state index >= 15 is 0 Å². The molecule has 0 saturated heterocycles. The van der Waals surface area contributed by atoms with Gasteiger partial charge in [0.15, 0.2) is 0 Å². The van der Waals surface area contributed by atoms with Crippen LogP contribution in [-0.4, -0.2) is 17.2 Å². The number of hydrogen-bond donors (Lipinski definition) is 3. The van der Waals surface area contributed by atoms with Gasteiger partial charge in [0.2, 0.25) is 0 Å². The number of halogens is 4. The Kier molecular flexibility index (Phi) is 6.11. The molecule has 0 bridgehead atoms. The smallest absolute Gasteiger partial charge is 0.446 e. The van der Waals surface area contributed by atoms with Crippen LogP contribution in [0, 0.1) is 0 Å². The van der Waals surface area contributed by atoms with Crippen molar-refractivity contribution >= 4 is 24.2 Å². The Bertz CT molecular complexity index is 376. The zero-order valence-corrected chi connectivity index (χ0v) is 10.2. The molecular formula is C9H12ClF3N2OS. The number of phenols is 1. The van der Waals surface area contributed by atoms with Gasteiger partial charge in [0.25, 0.3) is 0 Å². The molecule has 0 aliphatic carbocycles. The number of hydrogen-bond acceptors (Lipinski definition) is 4. The first-order chi connectivity index (χ1) is 7.33. The Morgan fingerprint density at radius 1 is 1.35 bits per heavy atom. The summed E-state index contributed by atoms with van der Waals surface area (Å²) in [7, 11) is 0. The first-order valence-electron chi connectivity index (χ1n) is 4.38. The van der Waals surface area contributed by atoms with Crippen LogP contribution in [0.25, 0.3) is 0 Å². The summed E-state index contributed by atoms with van der Waals surface area (Å²) >= 11 is -0.256. The minimum atomic E-state index is -4.36. The molecule has 0 aliphatic rings. The number of thioether (sulfide) groups is 1. The molecule has 0 unspecified atom stereocenters. The average molecular weight is 289 g/mol. The average Bonchev–Trinajstić information content (AvgIpc) is 2.18. The number of rotatable bonds is 3. The summed E-state index contributed by atoms with van der Waals surface area (Å²) in [6.45, 7) is 0.0493. The highest BCUT2D eigenvalue weighted by Gasteiger charge is 2.29. The van der Waals surface area contributed by atoms with Crippen LogP contribution in [0.4, 0.5) is 13.2 Å². The van der Waals surface area contributed by atoms with Gasteiger partial charge in [-0.25, -0.2) is 0 Å². The zero-order valence-electron chi connectivity index (χ0n) is 8.57. The topological polar surface area (TPSA) is 72.3 Å². The Balaban J connectivity index is 0.00000256. The van der Waals surface area contributed by atoms with Crippen LogP contribution in [0.2, 0.25) is 0 Å². The molecule has 8 heteroatoms. The summed E-state index contributed by atoms with van der Waals surface area (Å²) in [4.78, 5) is -0.0239. The van der Waals surface area contributed by atoms with Crippen LogP contribution in [0.3, 0.4) is 0 Å². The fraction of sp³-hybridized carbons (Fsp3) is 0.333. The SMILES string of the molecule is Cl.NC[C@H](N)c1cc(SC(F)(F)F)ccc1O. The van der Waals surface area contributed by atoms with Crippen LogP contribution in [-0.2, 0) is 0 Å². The monoisotopic (exact) mass is 288 g/mol. The number of aromatic hydroxyl groups is 1. The lowest BCUT2D eigenvalue weighted by molar-refractivity contribution is -0.0328. The van der Waals surface area contributed by atoms with Crippen molar-refractivity contribution < 1.29 is 18.3 Å². The number of phenolic OH excluding ortho intramolecular Hbond substituents is 1. The first kappa shape index (κ1) is 16.4. The Morgan fingerprint density at radius 2 is 1.94 bits per heavy atom. The van der Waals surface area contributed by atoms with Gasteiger partial charge in [-0.1, -0.05) is 0 Å². The summed E-state index contributed by atoms with van der Waals surface area (Å²) in [5, 5.41) is 9.41. The van der Waals surface area contributed by atoms with Crippen LogP contribution >= 0.6 is 24.2 Å². The largest absolute Gasteiger partial charge is 0.508 e. The molecule has 1 aromatic rings. The molecule has 1 rings (SSSR count). The molecule has 98 valence electrons. The van der Waals surface area contributed by atoms with Crippen LogP contribution in [0.1, 0.15) is 11.6 Å². The summed E-state index contributed by atoms with van der Waals surface area (Å²) in [6.07, 6.45) is 0. The second kappa shape index (κ2) is 6.34. The van der Waals surface area contributed by atoms with Gasteiger partial charge >= 0.3 is 5.51 Å². The van der Waals surface area contributed by atoms with E-state index in [0.717, 1.165) is 0 Å². The van der Waals surface area contributed by atoms with Crippen molar-refractivity contribution in [3.8, 4) is 5.75 Å². The van der Waals surface area contributed by atoms with Crippen molar-refractivity contribution in [1.29, 1.82) is 0 Å². The van der Waals surface area contributed by atoms with Gasteiger partial charge in [-0.3, -0.25) is 0 Å². The maximum Gasteiger partial charge on any atom is 0.446 e. The second-order valence-electron chi connectivity index (χ2n) is 3.11. The molecule has 0 aromatic heterocycles. The molecule has 0 amide bonds. The third-order valence-electron chi connectivity index (χ3n) is 1.89. The van der Waals surface area contributed by atoms with Crippen molar-refractivity contribution in [1.82, 2.24) is 0 Å². The molecule has 0 aliphatic heterocycles. The summed E-state index contributed by atoms with van der Waals surface area (Å²) < 4.78 is 36.3. The number of benzene rings is 1. The van der Waals surface area contributed by atoms with E-state index in [-0.39, 0.29) is 46.9 Å². The van der Waals surface area contributed by atoms with Crippen LogP contribution in [0.15, 0.2) is 23.1 Å². The minimum absolute atomic E-state index is 0. The van der Waals surface area contributed by atoms with Crippen molar-refractivity contribution in [2.45, 2.75) is 16.4 Å². The first-order valence-corrected chi connectivity index (χ1v) is 5.19. The predicted octanol–water partition coefficient (Wildman–Crippen LogP) is 2.38. The highest BCUT2D eigenvalue weighted by Crippen LogP contribution is 2.38. The van der Waals surface area contributed by atoms with Gasteiger partial charge < -0.3 is 16.6 Å². The third-order valence-corrected chi connectivity index (χ3v) is 2.61. The predicted molar refractivity (Wildman–Crippen MR) is 63.2 cm³/mol. The van der Waals surface area contributed by atoms with Gasteiger partial charge in [0.05, 0.1) is 0 Å². The second-order valence-corrected chi connectivity index (χ2v) is 4.25. The van der Waals surface area contributed by atoms with Crippen molar-refractivity contribution in [2.75, 3.05) is 6.54 Å². The molecule has 0 saturated carbocycles. The quantitative estimate of drug-likeness (QED) is 0.747. The van der Waals surface area contributed by atoms with Crippen LogP contribution < -0.4 is 11.5 Å². The van der Waals surface area contributed by atoms with E-state index in [9.17, 15) is 18.3 Å². The van der Waals surface area contributed by atoms with Gasteiger partial charge in [0.1, 0.15) is 5.75 Å². The molecule has 0 radical (unpaired) electrons. The van der Waals surface area contributed by atoms with Crippen molar-refractivity contribution in [3.63, 3.8) is 0 Å².